The van der Waals surface area contributed by atoms with E-state index in [1.165, 1.54) is 10.5 Å². The van der Waals surface area contributed by atoms with E-state index in [9.17, 15) is 10.1 Å². The molecule has 3 rings (SSSR count). The molecule has 0 spiro atoms. The number of hydrogen-bond acceptors (Lipinski definition) is 2. The zero-order valence-corrected chi connectivity index (χ0v) is 13.1. The van der Waals surface area contributed by atoms with Crippen molar-refractivity contribution in [2.45, 2.75) is 13.1 Å². The molecule has 0 bridgehead atoms. The van der Waals surface area contributed by atoms with Gasteiger partial charge < -0.3 is 9.80 Å². The molecule has 3 N–H and O–H groups in total. The van der Waals surface area contributed by atoms with Crippen LogP contribution in [0.2, 0.25) is 0 Å². The highest BCUT2D eigenvalue weighted by atomic mass is 16.6. The number of nitro benzene ring substituents is 1. The number of nitrogens with one attached hydrogen (secondary N) is 3. The van der Waals surface area contributed by atoms with Crippen molar-refractivity contribution in [2.24, 2.45) is 0 Å². The molecule has 6 nitrogen and oxygen atoms in total. The molecular weight excluding hydrogens is 292 g/mol. The summed E-state index contributed by atoms with van der Waals surface area (Å²) in [4.78, 5) is 17.0. The molecular formula is C17H23N4O2+3. The van der Waals surface area contributed by atoms with Gasteiger partial charge in [0.1, 0.15) is 39.3 Å². The maximum atomic E-state index is 11.1. The molecule has 0 amide bonds. The molecule has 1 aliphatic heterocycles. The SMILES string of the molecule is O=[N+]([O-])c1ccccc1C[NH+]1CC[NH+](Cc2ccc[nH+]c2)CC1. The fourth-order valence-electron chi connectivity index (χ4n) is 3.25. The second kappa shape index (κ2) is 7.30. The number of H-pyrrole nitrogens is 1. The van der Waals surface area contributed by atoms with Crippen LogP contribution in [-0.4, -0.2) is 31.1 Å². The summed E-state index contributed by atoms with van der Waals surface area (Å²) in [5.41, 5.74) is 2.41. The summed E-state index contributed by atoms with van der Waals surface area (Å²) in [7, 11) is 0. The highest BCUT2D eigenvalue weighted by molar-refractivity contribution is 5.39. The lowest BCUT2D eigenvalue weighted by Crippen LogP contribution is -3.27. The van der Waals surface area contributed by atoms with E-state index < -0.39 is 0 Å². The van der Waals surface area contributed by atoms with Crippen molar-refractivity contribution in [3.8, 4) is 0 Å². The quantitative estimate of drug-likeness (QED) is 0.543. The first-order chi connectivity index (χ1) is 11.2. The van der Waals surface area contributed by atoms with Gasteiger partial charge in [0.15, 0.2) is 12.4 Å². The van der Waals surface area contributed by atoms with E-state index >= 15 is 0 Å². The number of hydrogen-bond donors (Lipinski definition) is 2. The molecule has 1 aliphatic rings. The van der Waals surface area contributed by atoms with Crippen LogP contribution in [0, 0.1) is 10.1 Å². The van der Waals surface area contributed by atoms with Gasteiger partial charge in [0, 0.05) is 12.1 Å². The van der Waals surface area contributed by atoms with E-state index in [0.717, 1.165) is 44.8 Å². The normalized spacial score (nSPS) is 21.0. The van der Waals surface area contributed by atoms with Gasteiger partial charge in [0.25, 0.3) is 5.69 Å². The van der Waals surface area contributed by atoms with Crippen molar-refractivity contribution >= 4 is 5.69 Å². The average Bonchev–Trinajstić information content (AvgIpc) is 2.58. The number of benzene rings is 1. The minimum atomic E-state index is -0.276. The van der Waals surface area contributed by atoms with E-state index in [1.54, 1.807) is 17.0 Å². The maximum Gasteiger partial charge on any atom is 0.278 e. The molecule has 0 atom stereocenters. The van der Waals surface area contributed by atoms with Crippen molar-refractivity contribution < 1.29 is 19.7 Å². The van der Waals surface area contributed by atoms with Crippen molar-refractivity contribution in [3.05, 3.63) is 70.0 Å². The van der Waals surface area contributed by atoms with Crippen molar-refractivity contribution in [1.82, 2.24) is 0 Å². The van der Waals surface area contributed by atoms with Crippen LogP contribution in [0.5, 0.6) is 0 Å². The number of para-hydroxylation sites is 1. The third-order valence-electron chi connectivity index (χ3n) is 4.52. The Morgan fingerprint density at radius 3 is 2.35 bits per heavy atom. The Balaban J connectivity index is 1.54. The molecule has 0 saturated carbocycles. The van der Waals surface area contributed by atoms with Gasteiger partial charge in [-0.05, 0) is 12.1 Å². The Kier molecular flexibility index (Phi) is 4.95. The summed E-state index contributed by atoms with van der Waals surface area (Å²) in [6.07, 6.45) is 3.98. The molecule has 120 valence electrons. The molecule has 0 aliphatic carbocycles. The van der Waals surface area contributed by atoms with Gasteiger partial charge in [0.05, 0.1) is 16.1 Å². The summed E-state index contributed by atoms with van der Waals surface area (Å²) < 4.78 is 0. The molecule has 1 fully saturated rings. The van der Waals surface area contributed by atoms with Crippen molar-refractivity contribution in [1.29, 1.82) is 0 Å². The Morgan fingerprint density at radius 2 is 1.70 bits per heavy atom. The summed E-state index contributed by atoms with van der Waals surface area (Å²) in [5.74, 6) is 0. The number of aromatic amines is 1. The first-order valence-corrected chi connectivity index (χ1v) is 8.07. The number of quaternary nitrogens is 2. The summed E-state index contributed by atoms with van der Waals surface area (Å²) >= 11 is 0. The Bertz CT molecular complexity index is 655. The Morgan fingerprint density at radius 1 is 1.00 bits per heavy atom. The number of nitrogens with zero attached hydrogens (tertiary/aromatic N) is 1. The van der Waals surface area contributed by atoms with Crippen LogP contribution in [0.3, 0.4) is 0 Å². The van der Waals surface area contributed by atoms with E-state index in [-0.39, 0.29) is 10.6 Å². The molecule has 0 unspecified atom stereocenters. The predicted octanol–water partition coefficient (Wildman–Crippen LogP) is -1.11. The molecule has 2 aromatic rings. The van der Waals surface area contributed by atoms with Crippen LogP contribution in [-0.2, 0) is 13.1 Å². The fraction of sp³-hybridized carbons (Fsp3) is 0.353. The second-order valence-electron chi connectivity index (χ2n) is 6.15. The first kappa shape index (κ1) is 15.6. The van der Waals surface area contributed by atoms with Gasteiger partial charge in [-0.3, -0.25) is 10.1 Å². The lowest BCUT2D eigenvalue weighted by molar-refractivity contribution is -1.02. The van der Waals surface area contributed by atoms with Crippen molar-refractivity contribution in [2.75, 3.05) is 26.2 Å². The molecule has 23 heavy (non-hydrogen) atoms. The number of pyridine rings is 1. The lowest BCUT2D eigenvalue weighted by atomic mass is 10.1. The highest BCUT2D eigenvalue weighted by Gasteiger charge is 2.25. The number of aromatic nitrogens is 1. The number of nitro groups is 1. The zero-order chi connectivity index (χ0) is 16.1. The lowest BCUT2D eigenvalue weighted by Gasteiger charge is -2.29. The summed E-state index contributed by atoms with van der Waals surface area (Å²) in [6.45, 7) is 6.09. The topological polar surface area (TPSA) is 66.2 Å². The maximum absolute atomic E-state index is 11.1. The predicted molar refractivity (Wildman–Crippen MR) is 84.9 cm³/mol. The van der Waals surface area contributed by atoms with Crippen LogP contribution in [0.25, 0.3) is 0 Å². The largest absolute Gasteiger partial charge is 0.322 e. The van der Waals surface area contributed by atoms with Crippen LogP contribution in [0.15, 0.2) is 48.8 Å². The van der Waals surface area contributed by atoms with E-state index in [0.29, 0.717) is 0 Å². The van der Waals surface area contributed by atoms with E-state index in [4.69, 9.17) is 0 Å². The number of rotatable bonds is 5. The van der Waals surface area contributed by atoms with Crippen LogP contribution >= 0.6 is 0 Å². The first-order valence-electron chi connectivity index (χ1n) is 8.07. The minimum Gasteiger partial charge on any atom is -0.322 e. The molecule has 1 saturated heterocycles. The average molecular weight is 315 g/mol. The fourth-order valence-corrected chi connectivity index (χ4v) is 3.25. The van der Waals surface area contributed by atoms with E-state index in [1.807, 2.05) is 24.4 Å². The third kappa shape index (κ3) is 4.12. The van der Waals surface area contributed by atoms with Gasteiger partial charge in [0.2, 0.25) is 0 Å². The zero-order valence-electron chi connectivity index (χ0n) is 13.1. The van der Waals surface area contributed by atoms with Gasteiger partial charge in [-0.15, -0.1) is 0 Å². The molecule has 6 heteroatoms. The van der Waals surface area contributed by atoms with Gasteiger partial charge in [-0.1, -0.05) is 12.1 Å². The van der Waals surface area contributed by atoms with Crippen LogP contribution in [0.1, 0.15) is 11.1 Å². The van der Waals surface area contributed by atoms with Gasteiger partial charge in [-0.2, -0.15) is 0 Å². The summed E-state index contributed by atoms with van der Waals surface area (Å²) in [6, 6.07) is 11.3. The third-order valence-corrected chi connectivity index (χ3v) is 4.52. The minimum absolute atomic E-state index is 0.245. The summed E-state index contributed by atoms with van der Waals surface area (Å²) in [5, 5.41) is 11.1. The van der Waals surface area contributed by atoms with Crippen LogP contribution in [0.4, 0.5) is 5.69 Å². The van der Waals surface area contributed by atoms with Crippen LogP contribution < -0.4 is 14.8 Å². The molecule has 2 heterocycles. The van der Waals surface area contributed by atoms with Gasteiger partial charge >= 0.3 is 0 Å². The monoisotopic (exact) mass is 315 g/mol. The second-order valence-corrected chi connectivity index (χ2v) is 6.15. The molecule has 1 aromatic carbocycles. The molecule has 1 aromatic heterocycles. The van der Waals surface area contributed by atoms with E-state index in [2.05, 4.69) is 17.2 Å². The standard InChI is InChI=1S/C17H20N4O2/c22-21(23)17-6-2-1-5-16(17)14-20-10-8-19(9-11-20)13-15-4-3-7-18-12-15/h1-7,12H,8-11,13-14H2/p+3. The highest BCUT2D eigenvalue weighted by Crippen LogP contribution is 2.16. The van der Waals surface area contributed by atoms with Crippen molar-refractivity contribution in [3.63, 3.8) is 0 Å². The molecule has 0 radical (unpaired) electrons. The number of piperazine rings is 1. The smallest absolute Gasteiger partial charge is 0.278 e. The Hall–Kier alpha value is -2.31. The van der Waals surface area contributed by atoms with Gasteiger partial charge in [-0.25, -0.2) is 4.98 Å². The Labute approximate surface area is 135 Å².